The fourth-order valence-corrected chi connectivity index (χ4v) is 4.14. The predicted octanol–water partition coefficient (Wildman–Crippen LogP) is 2.17. The van der Waals surface area contributed by atoms with Gasteiger partial charge < -0.3 is 19.9 Å². The number of amides is 1. The summed E-state index contributed by atoms with van der Waals surface area (Å²) < 4.78 is 13.3. The zero-order chi connectivity index (χ0) is 20.9. The van der Waals surface area contributed by atoms with Crippen LogP contribution in [0.2, 0.25) is 0 Å². The summed E-state index contributed by atoms with van der Waals surface area (Å²) in [6, 6.07) is 7.62. The number of benzene rings is 1. The van der Waals surface area contributed by atoms with Gasteiger partial charge in [0.1, 0.15) is 17.5 Å². The summed E-state index contributed by atoms with van der Waals surface area (Å²) in [5.74, 6) is 1.02. The first kappa shape index (κ1) is 20.8. The number of carbonyl (C=O) groups excluding carboxylic acids is 1. The molecule has 1 aliphatic carbocycles. The van der Waals surface area contributed by atoms with Crippen molar-refractivity contribution in [1.82, 2.24) is 20.3 Å². The molecule has 30 heavy (non-hydrogen) atoms. The highest BCUT2D eigenvalue weighted by Gasteiger charge is 2.34. The van der Waals surface area contributed by atoms with E-state index in [2.05, 4.69) is 15.6 Å². The smallest absolute Gasteiger partial charge is 0.223 e. The van der Waals surface area contributed by atoms with E-state index in [4.69, 9.17) is 9.47 Å². The van der Waals surface area contributed by atoms with Gasteiger partial charge in [0.2, 0.25) is 5.91 Å². The van der Waals surface area contributed by atoms with E-state index in [1.807, 2.05) is 35.1 Å². The average molecular weight is 415 g/mol. The molecule has 3 atom stereocenters. The molecule has 1 saturated carbocycles. The highest BCUT2D eigenvalue weighted by molar-refractivity contribution is 5.79. The molecule has 1 aliphatic heterocycles. The van der Waals surface area contributed by atoms with Crippen LogP contribution in [0.1, 0.15) is 38.5 Å². The Morgan fingerprint density at radius 1 is 1.30 bits per heavy atom. The molecule has 4 rings (SSSR count). The second kappa shape index (κ2) is 9.57. The number of ether oxygens (including phenoxy) is 2. The summed E-state index contributed by atoms with van der Waals surface area (Å²) in [6.07, 6.45) is 7.09. The second-order valence-electron chi connectivity index (χ2n) is 8.16. The van der Waals surface area contributed by atoms with E-state index < -0.39 is 0 Å². The van der Waals surface area contributed by atoms with E-state index in [0.29, 0.717) is 6.54 Å². The van der Waals surface area contributed by atoms with Gasteiger partial charge in [0.05, 0.1) is 32.1 Å². The molecule has 0 radical (unpaired) electrons. The highest BCUT2D eigenvalue weighted by Crippen LogP contribution is 2.29. The van der Waals surface area contributed by atoms with Crippen molar-refractivity contribution in [1.29, 1.82) is 0 Å². The Kier molecular flexibility index (Phi) is 6.64. The van der Waals surface area contributed by atoms with Crippen LogP contribution in [0.5, 0.6) is 5.75 Å². The van der Waals surface area contributed by atoms with Gasteiger partial charge in [0, 0.05) is 18.0 Å². The van der Waals surface area contributed by atoms with Crippen LogP contribution in [-0.4, -0.2) is 58.0 Å². The van der Waals surface area contributed by atoms with Crippen LogP contribution >= 0.6 is 0 Å². The predicted molar refractivity (Wildman–Crippen MR) is 111 cm³/mol. The molecule has 1 aromatic heterocycles. The Hall–Kier alpha value is -2.45. The van der Waals surface area contributed by atoms with Crippen LogP contribution in [0.25, 0.3) is 11.3 Å². The summed E-state index contributed by atoms with van der Waals surface area (Å²) in [6.45, 7) is 0.581. The lowest BCUT2D eigenvalue weighted by molar-refractivity contribution is -0.134. The van der Waals surface area contributed by atoms with Crippen molar-refractivity contribution in [3.8, 4) is 17.0 Å². The quantitative estimate of drug-likeness (QED) is 0.687. The maximum Gasteiger partial charge on any atom is 0.223 e. The van der Waals surface area contributed by atoms with E-state index in [-0.39, 0.29) is 36.7 Å². The number of nitrogens with zero attached hydrogens (tertiary/aromatic N) is 3. The lowest BCUT2D eigenvalue weighted by Gasteiger charge is -2.37. The van der Waals surface area contributed by atoms with E-state index in [9.17, 15) is 9.90 Å². The number of aliphatic hydroxyl groups excluding tert-OH is 1. The van der Waals surface area contributed by atoms with Gasteiger partial charge in [-0.25, -0.2) is 0 Å². The maximum absolute atomic E-state index is 12.2. The minimum Gasteiger partial charge on any atom is -0.496 e. The van der Waals surface area contributed by atoms with Gasteiger partial charge in [-0.1, -0.05) is 23.8 Å². The number of hydrogen-bond acceptors (Lipinski definition) is 6. The minimum absolute atomic E-state index is 0.0258. The number of aliphatic hydroxyl groups is 1. The van der Waals surface area contributed by atoms with Gasteiger partial charge in [-0.15, -0.1) is 5.10 Å². The third-order valence-corrected chi connectivity index (χ3v) is 6.20. The van der Waals surface area contributed by atoms with Gasteiger partial charge in [-0.3, -0.25) is 9.48 Å². The van der Waals surface area contributed by atoms with Crippen molar-refractivity contribution in [3.05, 3.63) is 30.5 Å². The zero-order valence-corrected chi connectivity index (χ0v) is 17.4. The largest absolute Gasteiger partial charge is 0.496 e. The summed E-state index contributed by atoms with van der Waals surface area (Å²) in [5.41, 5.74) is 1.68. The topological polar surface area (TPSA) is 98.5 Å². The molecule has 1 saturated heterocycles. The SMILES string of the molecule is COc1ccccc1-c1cn(CC[C@H]2CC[C@H](NC(=O)C3CCC3)[C@H](CO)O2)nn1. The Morgan fingerprint density at radius 3 is 2.87 bits per heavy atom. The summed E-state index contributed by atoms with van der Waals surface area (Å²) in [4.78, 5) is 12.2. The van der Waals surface area contributed by atoms with Crippen molar-refractivity contribution in [3.63, 3.8) is 0 Å². The van der Waals surface area contributed by atoms with Crippen LogP contribution in [0.3, 0.4) is 0 Å². The van der Waals surface area contributed by atoms with Crippen LogP contribution in [-0.2, 0) is 16.1 Å². The third-order valence-electron chi connectivity index (χ3n) is 6.20. The molecule has 1 aromatic carbocycles. The van der Waals surface area contributed by atoms with Gasteiger partial charge in [0.25, 0.3) is 0 Å². The van der Waals surface area contributed by atoms with Gasteiger partial charge >= 0.3 is 0 Å². The van der Waals surface area contributed by atoms with Crippen LogP contribution in [0.15, 0.2) is 30.5 Å². The molecule has 1 amide bonds. The lowest BCUT2D eigenvalue weighted by Crippen LogP contribution is -2.52. The van der Waals surface area contributed by atoms with Crippen LogP contribution < -0.4 is 10.1 Å². The Labute approximate surface area is 176 Å². The number of para-hydroxylation sites is 1. The van der Waals surface area contributed by atoms with Gasteiger partial charge in [-0.2, -0.15) is 0 Å². The van der Waals surface area contributed by atoms with Gasteiger partial charge in [0.15, 0.2) is 0 Å². The molecule has 8 heteroatoms. The normalized spacial score (nSPS) is 24.3. The third kappa shape index (κ3) is 4.65. The molecule has 2 aliphatic rings. The Morgan fingerprint density at radius 2 is 2.13 bits per heavy atom. The maximum atomic E-state index is 12.2. The first-order chi connectivity index (χ1) is 14.7. The van der Waals surface area contributed by atoms with Crippen molar-refractivity contribution in [2.45, 2.75) is 63.3 Å². The lowest BCUT2D eigenvalue weighted by atomic mass is 9.84. The number of aryl methyl sites for hydroxylation is 1. The number of nitrogens with one attached hydrogen (secondary N) is 1. The van der Waals surface area contributed by atoms with Crippen molar-refractivity contribution >= 4 is 5.91 Å². The molecule has 2 N–H and O–H groups in total. The summed E-state index contributed by atoms with van der Waals surface area (Å²) in [5, 5.41) is 21.3. The molecule has 8 nitrogen and oxygen atoms in total. The van der Waals surface area contributed by atoms with E-state index in [0.717, 1.165) is 55.5 Å². The van der Waals surface area contributed by atoms with Crippen molar-refractivity contribution in [2.75, 3.05) is 13.7 Å². The molecular formula is C22H30N4O4. The molecule has 0 bridgehead atoms. The molecule has 2 fully saturated rings. The second-order valence-corrected chi connectivity index (χ2v) is 8.16. The molecular weight excluding hydrogens is 384 g/mol. The summed E-state index contributed by atoms with van der Waals surface area (Å²) >= 11 is 0. The number of methoxy groups -OCH3 is 1. The molecule has 0 spiro atoms. The Balaban J connectivity index is 1.29. The van der Waals surface area contributed by atoms with E-state index in [1.54, 1.807) is 7.11 Å². The fraction of sp³-hybridized carbons (Fsp3) is 0.591. The van der Waals surface area contributed by atoms with Gasteiger partial charge in [-0.05, 0) is 44.2 Å². The van der Waals surface area contributed by atoms with E-state index >= 15 is 0 Å². The van der Waals surface area contributed by atoms with E-state index in [1.165, 1.54) is 0 Å². The monoisotopic (exact) mass is 414 g/mol. The molecule has 162 valence electrons. The van der Waals surface area contributed by atoms with Crippen molar-refractivity contribution < 1.29 is 19.4 Å². The van der Waals surface area contributed by atoms with Crippen molar-refractivity contribution in [2.24, 2.45) is 5.92 Å². The number of carbonyl (C=O) groups is 1. The molecule has 0 unspecified atom stereocenters. The standard InChI is InChI=1S/C22H30N4O4/c1-29-20-8-3-2-7-17(20)19-13-26(25-24-19)12-11-16-9-10-18(21(14-27)30-16)23-22(28)15-5-4-6-15/h2-3,7-8,13,15-16,18,21,27H,4-6,9-12,14H2,1H3,(H,23,28)/t16-,18+,21+/m1/s1. The number of hydrogen-bond donors (Lipinski definition) is 2. The number of aromatic nitrogens is 3. The highest BCUT2D eigenvalue weighted by atomic mass is 16.5. The minimum atomic E-state index is -0.354. The average Bonchev–Trinajstić information content (AvgIpc) is 3.20. The zero-order valence-electron chi connectivity index (χ0n) is 17.4. The molecule has 2 heterocycles. The Bertz CT molecular complexity index is 851. The first-order valence-corrected chi connectivity index (χ1v) is 10.8. The van der Waals surface area contributed by atoms with Crippen LogP contribution in [0.4, 0.5) is 0 Å². The first-order valence-electron chi connectivity index (χ1n) is 10.8. The van der Waals surface area contributed by atoms with Crippen LogP contribution in [0, 0.1) is 5.92 Å². The molecule has 2 aromatic rings. The number of rotatable bonds is 8. The summed E-state index contributed by atoms with van der Waals surface area (Å²) in [7, 11) is 1.64. The fourth-order valence-electron chi connectivity index (χ4n) is 4.14.